The maximum Gasteiger partial charge on any atom is 0.411 e. The van der Waals surface area contributed by atoms with Crippen LogP contribution in [0, 0.1) is 5.82 Å². The van der Waals surface area contributed by atoms with Crippen LogP contribution in [-0.4, -0.2) is 12.8 Å². The van der Waals surface area contributed by atoms with Crippen molar-refractivity contribution in [3.05, 3.63) is 35.1 Å². The molecule has 0 aromatic heterocycles. The third kappa shape index (κ3) is 4.16. The number of benzene rings is 1. The predicted octanol–water partition coefficient (Wildman–Crippen LogP) is 2.36. The summed E-state index contributed by atoms with van der Waals surface area (Å²) in [6.45, 7) is -1.53. The molecule has 0 aliphatic carbocycles. The Bertz CT molecular complexity index is 351. The molecule has 0 spiro atoms. The summed E-state index contributed by atoms with van der Waals surface area (Å²) >= 11 is 0. The van der Waals surface area contributed by atoms with Gasteiger partial charge < -0.3 is 10.5 Å². The molecular formula is C10H11F4NO. The first-order chi connectivity index (χ1) is 7.42. The summed E-state index contributed by atoms with van der Waals surface area (Å²) in [4.78, 5) is 0. The lowest BCUT2D eigenvalue weighted by atomic mass is 10.1. The summed E-state index contributed by atoms with van der Waals surface area (Å²) < 4.78 is 52.7. The number of hydrogen-bond acceptors (Lipinski definition) is 2. The first-order valence-corrected chi connectivity index (χ1v) is 4.54. The van der Waals surface area contributed by atoms with Gasteiger partial charge in [0.05, 0.1) is 6.61 Å². The lowest BCUT2D eigenvalue weighted by Gasteiger charge is -2.08. The monoisotopic (exact) mass is 237 g/mol. The molecule has 16 heavy (non-hydrogen) atoms. The Morgan fingerprint density at radius 2 is 1.94 bits per heavy atom. The van der Waals surface area contributed by atoms with Crippen molar-refractivity contribution in [1.82, 2.24) is 0 Å². The van der Waals surface area contributed by atoms with E-state index in [0.717, 1.165) is 6.07 Å². The lowest BCUT2D eigenvalue weighted by Crippen LogP contribution is -2.16. The van der Waals surface area contributed by atoms with Gasteiger partial charge >= 0.3 is 6.18 Å². The van der Waals surface area contributed by atoms with Crippen LogP contribution in [0.3, 0.4) is 0 Å². The molecule has 0 radical (unpaired) electrons. The van der Waals surface area contributed by atoms with Gasteiger partial charge in [0.15, 0.2) is 0 Å². The summed E-state index contributed by atoms with van der Waals surface area (Å²) in [7, 11) is 0. The summed E-state index contributed by atoms with van der Waals surface area (Å²) in [6.07, 6.45) is -4.35. The van der Waals surface area contributed by atoms with Gasteiger partial charge in [-0.2, -0.15) is 13.2 Å². The fourth-order valence-electron chi connectivity index (χ4n) is 1.16. The normalized spacial score (nSPS) is 11.8. The molecule has 0 unspecified atom stereocenters. The number of alkyl halides is 3. The Labute approximate surface area is 90.0 Å². The highest BCUT2D eigenvalue weighted by molar-refractivity contribution is 5.24. The molecule has 0 atom stereocenters. The average molecular weight is 237 g/mol. The van der Waals surface area contributed by atoms with Crippen LogP contribution in [0.5, 0.6) is 0 Å². The van der Waals surface area contributed by atoms with E-state index in [9.17, 15) is 17.6 Å². The highest BCUT2D eigenvalue weighted by Gasteiger charge is 2.27. The van der Waals surface area contributed by atoms with Gasteiger partial charge in [0.25, 0.3) is 0 Å². The van der Waals surface area contributed by atoms with E-state index in [2.05, 4.69) is 4.74 Å². The standard InChI is InChI=1S/C10H11F4NO/c11-9-2-1-7(3-8(9)4-15)5-16-6-10(12,13)14/h1-3H,4-6,15H2. The van der Waals surface area contributed by atoms with Crippen LogP contribution in [0.15, 0.2) is 18.2 Å². The Hall–Kier alpha value is -1.14. The van der Waals surface area contributed by atoms with Gasteiger partial charge in [0.1, 0.15) is 12.4 Å². The quantitative estimate of drug-likeness (QED) is 0.816. The molecule has 1 aromatic carbocycles. The molecule has 0 saturated carbocycles. The molecule has 0 heterocycles. The van der Waals surface area contributed by atoms with E-state index in [1.54, 1.807) is 0 Å². The lowest BCUT2D eigenvalue weighted by molar-refractivity contribution is -0.176. The smallest absolute Gasteiger partial charge is 0.367 e. The van der Waals surface area contributed by atoms with E-state index in [0.29, 0.717) is 5.56 Å². The molecule has 0 saturated heterocycles. The van der Waals surface area contributed by atoms with Crippen molar-refractivity contribution in [3.63, 3.8) is 0 Å². The van der Waals surface area contributed by atoms with Crippen LogP contribution in [-0.2, 0) is 17.9 Å². The van der Waals surface area contributed by atoms with Crippen LogP contribution in [0.2, 0.25) is 0 Å². The predicted molar refractivity (Wildman–Crippen MR) is 50.0 cm³/mol. The number of halogens is 4. The largest absolute Gasteiger partial charge is 0.411 e. The SMILES string of the molecule is NCc1cc(COCC(F)(F)F)ccc1F. The first kappa shape index (κ1) is 12.9. The second kappa shape index (κ2) is 5.27. The van der Waals surface area contributed by atoms with E-state index in [4.69, 9.17) is 5.73 Å². The van der Waals surface area contributed by atoms with E-state index in [1.807, 2.05) is 0 Å². The van der Waals surface area contributed by atoms with E-state index < -0.39 is 18.6 Å². The zero-order chi connectivity index (χ0) is 12.2. The minimum Gasteiger partial charge on any atom is -0.367 e. The second-order valence-corrected chi connectivity index (χ2v) is 3.24. The molecule has 0 amide bonds. The van der Waals surface area contributed by atoms with Gasteiger partial charge in [-0.15, -0.1) is 0 Å². The van der Waals surface area contributed by atoms with Gasteiger partial charge in [0, 0.05) is 12.1 Å². The van der Waals surface area contributed by atoms with E-state index in [1.165, 1.54) is 12.1 Å². The third-order valence-electron chi connectivity index (χ3n) is 1.86. The molecule has 1 rings (SSSR count). The second-order valence-electron chi connectivity index (χ2n) is 3.24. The zero-order valence-corrected chi connectivity index (χ0v) is 8.35. The number of nitrogens with two attached hydrogens (primary N) is 1. The summed E-state index contributed by atoms with van der Waals surface area (Å²) in [5.74, 6) is -0.470. The highest BCUT2D eigenvalue weighted by Crippen LogP contribution is 2.16. The Balaban J connectivity index is 2.55. The summed E-state index contributed by atoms with van der Waals surface area (Å²) in [6, 6.07) is 3.92. The Kier molecular flexibility index (Phi) is 4.26. The van der Waals surface area contributed by atoms with Crippen molar-refractivity contribution >= 4 is 0 Å². The topological polar surface area (TPSA) is 35.2 Å². The summed E-state index contributed by atoms with van der Waals surface area (Å²) in [5.41, 5.74) is 5.98. The Morgan fingerprint density at radius 3 is 2.50 bits per heavy atom. The van der Waals surface area contributed by atoms with Crippen LogP contribution >= 0.6 is 0 Å². The minimum atomic E-state index is -4.35. The molecule has 0 bridgehead atoms. The van der Waals surface area contributed by atoms with Crippen LogP contribution in [0.25, 0.3) is 0 Å². The summed E-state index contributed by atoms with van der Waals surface area (Å²) in [5, 5.41) is 0. The molecule has 0 fully saturated rings. The number of ether oxygens (including phenoxy) is 1. The van der Waals surface area contributed by atoms with Crippen molar-refractivity contribution < 1.29 is 22.3 Å². The fourth-order valence-corrected chi connectivity index (χ4v) is 1.16. The Morgan fingerprint density at radius 1 is 1.25 bits per heavy atom. The van der Waals surface area contributed by atoms with Crippen molar-refractivity contribution in [2.75, 3.05) is 6.61 Å². The number of rotatable bonds is 4. The van der Waals surface area contributed by atoms with Gasteiger partial charge in [-0.3, -0.25) is 0 Å². The molecular weight excluding hydrogens is 226 g/mol. The van der Waals surface area contributed by atoms with Crippen molar-refractivity contribution in [3.8, 4) is 0 Å². The molecule has 2 nitrogen and oxygen atoms in total. The third-order valence-corrected chi connectivity index (χ3v) is 1.86. The average Bonchev–Trinajstić information content (AvgIpc) is 2.18. The molecule has 1 aromatic rings. The van der Waals surface area contributed by atoms with Crippen molar-refractivity contribution in [2.45, 2.75) is 19.3 Å². The minimum absolute atomic E-state index is 0.00105. The molecule has 0 aliphatic heterocycles. The van der Waals surface area contributed by atoms with Crippen LogP contribution in [0.4, 0.5) is 17.6 Å². The van der Waals surface area contributed by atoms with E-state index in [-0.39, 0.29) is 18.7 Å². The van der Waals surface area contributed by atoms with Crippen LogP contribution < -0.4 is 5.73 Å². The molecule has 6 heteroatoms. The maximum absolute atomic E-state index is 13.0. The van der Waals surface area contributed by atoms with Crippen LogP contribution in [0.1, 0.15) is 11.1 Å². The van der Waals surface area contributed by atoms with E-state index >= 15 is 0 Å². The maximum atomic E-state index is 13.0. The zero-order valence-electron chi connectivity index (χ0n) is 8.35. The fraction of sp³-hybridized carbons (Fsp3) is 0.400. The van der Waals surface area contributed by atoms with Crippen molar-refractivity contribution in [1.29, 1.82) is 0 Å². The van der Waals surface area contributed by atoms with Gasteiger partial charge in [-0.05, 0) is 17.7 Å². The molecule has 2 N–H and O–H groups in total. The van der Waals surface area contributed by atoms with Gasteiger partial charge in [-0.1, -0.05) is 6.07 Å². The number of hydrogen-bond donors (Lipinski definition) is 1. The highest BCUT2D eigenvalue weighted by atomic mass is 19.4. The van der Waals surface area contributed by atoms with Gasteiger partial charge in [0.2, 0.25) is 0 Å². The first-order valence-electron chi connectivity index (χ1n) is 4.54. The molecule has 0 aliphatic rings. The van der Waals surface area contributed by atoms with Crippen molar-refractivity contribution in [2.24, 2.45) is 5.73 Å². The van der Waals surface area contributed by atoms with Gasteiger partial charge in [-0.25, -0.2) is 4.39 Å². The molecule has 90 valence electrons.